The van der Waals surface area contributed by atoms with Crippen molar-refractivity contribution < 1.29 is 286 Å². The minimum Gasteiger partial charge on any atom is -0.547 e. The van der Waals surface area contributed by atoms with E-state index in [1.807, 2.05) is 0 Å². The van der Waals surface area contributed by atoms with Crippen molar-refractivity contribution in [1.29, 1.82) is 0 Å². The van der Waals surface area contributed by atoms with E-state index in [-0.39, 0.29) is 170 Å². The van der Waals surface area contributed by atoms with Crippen LogP contribution in [0.25, 0.3) is 0 Å². The summed E-state index contributed by atoms with van der Waals surface area (Å²) >= 11 is 0. The van der Waals surface area contributed by atoms with Gasteiger partial charge in [0.2, 0.25) is 11.8 Å². The minimum absolute atomic E-state index is 0. The standard InChI is InChI=1S/C40H68N2O22S2.C18H30O12.4Na/c1-5-17-25(43)31(49)23(63-35(17)39(53)54)15-59-11-19-27(45)29(47)21(13-57-3)61-33(19)37(51)41-7-9-65-66-10-8-42-38(52)34-20(28(46)30(48)22(62-34)14-58-4)12-60-16-24-32(50)26(44)18(6-2)36(64-24)40(55)56;1-3-7-11(19)14(22)10(30-15(7)17(23)24)6-28-4-8-12(20)13(21)9(5-27-2)29-16(8)18(25)26;;;;/h17-36,43-50H,5-16H2,1-4H3,(H,41,51)(H,42,52)(H,53,54)(H,55,56);7-16,19-22H,3-6H2,1-2H3,(H,23,24)(H,25,26);;;;/q;;4*+1/p-4/t17-,18-,19-,20-,21-,22-,23-,24-,25+,26?,27?,28+,29?,30?,31?,32?,33?,34?,35?,36?;7-,8-,9-,10-,11+,12?,13?,14?,15?,16?;;;;/m00..../s1. The first-order chi connectivity index (χ1) is 45.6. The third-order valence-electron chi connectivity index (χ3n) is 18.0. The van der Waals surface area contributed by atoms with E-state index in [2.05, 4.69) is 10.6 Å². The van der Waals surface area contributed by atoms with Crippen LogP contribution in [0.3, 0.4) is 0 Å². The van der Waals surface area contributed by atoms with Gasteiger partial charge in [0.25, 0.3) is 0 Å². The van der Waals surface area contributed by atoms with Gasteiger partial charge in [0.1, 0.15) is 110 Å². The normalized spacial score (nSPS) is 38.7. The summed E-state index contributed by atoms with van der Waals surface area (Å²) in [7, 11) is 6.71. The maximum atomic E-state index is 13.4. The quantitative estimate of drug-likeness (QED) is 0.0162. The number of hydrogen-bond acceptors (Lipinski definition) is 36. The van der Waals surface area contributed by atoms with E-state index in [9.17, 15) is 110 Å². The molecule has 6 fully saturated rings. The maximum absolute atomic E-state index is 13.4. The zero-order valence-electron chi connectivity index (χ0n) is 57.8. The maximum Gasteiger partial charge on any atom is 1.00 e. The van der Waals surface area contributed by atoms with Crippen molar-refractivity contribution in [2.45, 2.75) is 187 Å². The molecule has 0 spiro atoms. The summed E-state index contributed by atoms with van der Waals surface area (Å²) in [5.41, 5.74) is 0. The fraction of sp³-hybridized carbons (Fsp3) is 0.897. The molecular weight excluding hydrogens is 1420 g/mol. The number of hydrogen-bond donors (Lipinski definition) is 14. The van der Waals surface area contributed by atoms with Crippen LogP contribution in [0, 0.1) is 35.5 Å². The number of nitrogens with one attached hydrogen (secondary N) is 2. The van der Waals surface area contributed by atoms with Gasteiger partial charge >= 0.3 is 118 Å². The van der Waals surface area contributed by atoms with Gasteiger partial charge in [-0.05, 0) is 19.3 Å². The van der Waals surface area contributed by atoms with Gasteiger partial charge < -0.3 is 168 Å². The Labute approximate surface area is 674 Å². The number of rotatable bonds is 34. The van der Waals surface area contributed by atoms with E-state index in [4.69, 9.17) is 56.8 Å². The molecule has 30 atom stereocenters. The van der Waals surface area contributed by atoms with Crippen LogP contribution < -0.4 is 149 Å². The molecule has 0 aromatic carbocycles. The Morgan fingerprint density at radius 1 is 0.320 bits per heavy atom. The molecule has 0 bridgehead atoms. The number of carbonyl (C=O) groups is 6. The largest absolute Gasteiger partial charge is 1.00 e. The van der Waals surface area contributed by atoms with Gasteiger partial charge in [-0.3, -0.25) is 9.59 Å². The fourth-order valence-electron chi connectivity index (χ4n) is 12.5. The Morgan fingerprint density at radius 3 is 0.740 bits per heavy atom. The molecule has 0 saturated carbocycles. The van der Waals surface area contributed by atoms with Crippen molar-refractivity contribution in [1.82, 2.24) is 10.6 Å². The Morgan fingerprint density at radius 2 is 0.520 bits per heavy atom. The summed E-state index contributed by atoms with van der Waals surface area (Å²) in [6, 6.07) is 0. The topological polar surface area (TPSA) is 572 Å². The Bertz CT molecular complexity index is 2320. The van der Waals surface area contributed by atoms with E-state index < -0.39 is 257 Å². The van der Waals surface area contributed by atoms with Crippen molar-refractivity contribution in [3.8, 4) is 0 Å². The molecule has 14 N–H and O–H groups in total. The molecule has 15 unspecified atom stereocenters. The van der Waals surface area contributed by atoms with E-state index >= 15 is 0 Å². The number of carboxylic acid groups (broad SMARTS) is 4. The predicted molar refractivity (Wildman–Crippen MR) is 315 cm³/mol. The van der Waals surface area contributed by atoms with E-state index in [0.29, 0.717) is 11.5 Å². The number of aliphatic carboxylic acids is 4. The van der Waals surface area contributed by atoms with Crippen LogP contribution in [0.5, 0.6) is 0 Å². The van der Waals surface area contributed by atoms with Crippen molar-refractivity contribution in [3.05, 3.63) is 0 Å². The van der Waals surface area contributed by atoms with Crippen LogP contribution in [0.1, 0.15) is 40.0 Å². The van der Waals surface area contributed by atoms with Gasteiger partial charge in [0, 0.05) is 81.4 Å². The van der Waals surface area contributed by atoms with Crippen LogP contribution in [-0.2, 0) is 85.6 Å². The van der Waals surface area contributed by atoms with Crippen molar-refractivity contribution in [2.24, 2.45) is 35.5 Å². The van der Waals surface area contributed by atoms with E-state index in [1.54, 1.807) is 20.8 Å². The number of carboxylic acids is 4. The van der Waals surface area contributed by atoms with Gasteiger partial charge in [-0.15, -0.1) is 0 Å². The van der Waals surface area contributed by atoms with Crippen LogP contribution in [-0.4, -0.2) is 349 Å². The zero-order valence-corrected chi connectivity index (χ0v) is 67.4. The van der Waals surface area contributed by atoms with Crippen LogP contribution in [0.15, 0.2) is 0 Å². The summed E-state index contributed by atoms with van der Waals surface area (Å²) in [4.78, 5) is 72.9. The molecule has 0 aromatic rings. The molecule has 6 heterocycles. The molecule has 42 heteroatoms. The van der Waals surface area contributed by atoms with Gasteiger partial charge in [0.15, 0.2) is 0 Å². The number of ether oxygens (including phenoxy) is 12. The molecule has 6 saturated heterocycles. The van der Waals surface area contributed by atoms with E-state index in [0.717, 1.165) is 0 Å². The zero-order chi connectivity index (χ0) is 71.4. The molecule has 2 amide bonds. The molecule has 556 valence electrons. The molecule has 6 aliphatic rings. The summed E-state index contributed by atoms with van der Waals surface area (Å²) in [5.74, 6) is -13.0. The van der Waals surface area contributed by atoms with Crippen LogP contribution in [0.2, 0.25) is 0 Å². The third kappa shape index (κ3) is 26.4. The summed E-state index contributed by atoms with van der Waals surface area (Å²) in [5, 5.41) is 178. The molecular formula is C58H94N2Na4O34S2. The van der Waals surface area contributed by atoms with Gasteiger partial charge in [-0.2, -0.15) is 0 Å². The molecule has 36 nitrogen and oxygen atoms in total. The number of methoxy groups -OCH3 is 3. The van der Waals surface area contributed by atoms with Gasteiger partial charge in [-0.25, -0.2) is 0 Å². The molecule has 6 aliphatic heterocycles. The van der Waals surface area contributed by atoms with Gasteiger partial charge in [-0.1, -0.05) is 42.4 Å². The molecule has 0 aromatic heterocycles. The number of carbonyl (C=O) groups excluding carboxylic acids is 6. The van der Waals surface area contributed by atoms with Crippen LogP contribution in [0.4, 0.5) is 0 Å². The number of amides is 2. The average molecular weight is 1520 g/mol. The first-order valence-corrected chi connectivity index (χ1v) is 34.0. The number of aliphatic hydroxyl groups is 12. The van der Waals surface area contributed by atoms with Crippen molar-refractivity contribution in [2.75, 3.05) is 105 Å². The number of aliphatic hydroxyl groups excluding tert-OH is 12. The van der Waals surface area contributed by atoms with Crippen LogP contribution >= 0.6 is 21.6 Å². The van der Waals surface area contributed by atoms with Crippen molar-refractivity contribution in [3.63, 3.8) is 0 Å². The SMILES string of the molecule is CC[C@@H]1C(C(=O)[O-])O[C@@H](COC[C@@H]2C(C(=O)NCCSSCCNC(=O)C3O[C@@H](COC)C(O)C(O)[C@@H]3COC[C@@H]3OC(C(=O)[O-])[C@@H](CC)[C@@H](O)C3O)O[C@@H](COC)C(O)[C@@H]2O)C(O)C1O.CC[C@@H]1C(C(=O)[O-])O[C@@H](COC[C@@H]2C(C(=O)[O-])O[C@@H](COC)C(O)C2O)C(O)[C@@H]1O.[Na+].[Na+].[Na+].[Na+]. The predicted octanol–water partition coefficient (Wildman–Crippen LogP) is -24.5. The summed E-state index contributed by atoms with van der Waals surface area (Å²) in [6.45, 7) is 2.15. The Kier molecular flexibility index (Phi) is 48.3. The fourth-order valence-corrected chi connectivity index (χ4v) is 14.3. The molecule has 100 heavy (non-hydrogen) atoms. The smallest absolute Gasteiger partial charge is 0.547 e. The summed E-state index contributed by atoms with van der Waals surface area (Å²) < 4.78 is 64.9. The molecule has 0 radical (unpaired) electrons. The van der Waals surface area contributed by atoms with Crippen molar-refractivity contribution >= 4 is 57.3 Å². The second kappa shape index (κ2) is 49.0. The van der Waals surface area contributed by atoms with E-state index in [1.165, 1.54) is 42.9 Å². The monoisotopic (exact) mass is 1520 g/mol. The Hall–Kier alpha value is 0.560. The second-order valence-corrected chi connectivity index (χ2v) is 26.8. The Balaban J connectivity index is 0.00000124. The third-order valence-corrected chi connectivity index (χ3v) is 20.4. The second-order valence-electron chi connectivity index (χ2n) is 24.1. The van der Waals surface area contributed by atoms with Gasteiger partial charge in [0.05, 0.1) is 120 Å². The average Bonchev–Trinajstić information content (AvgIpc) is 0.825. The summed E-state index contributed by atoms with van der Waals surface area (Å²) in [6.07, 6.45) is -32.9. The minimum atomic E-state index is -1.62. The first-order valence-electron chi connectivity index (χ1n) is 31.5. The molecule has 6 rings (SSSR count). The molecule has 0 aliphatic carbocycles. The first kappa shape index (κ1) is 98.6.